The molecule has 5 rings (SSSR count). The van der Waals surface area contributed by atoms with Crippen molar-refractivity contribution in [3.63, 3.8) is 0 Å². The highest BCUT2D eigenvalue weighted by atomic mass is 32.2. The lowest BCUT2D eigenvalue weighted by molar-refractivity contribution is -0.123. The van der Waals surface area contributed by atoms with Gasteiger partial charge in [0.1, 0.15) is 17.5 Å². The zero-order valence-corrected chi connectivity index (χ0v) is 17.5. The molecule has 4 nitrogen and oxygen atoms in total. The van der Waals surface area contributed by atoms with Crippen LogP contribution in [0.4, 0.5) is 18.9 Å². The molecule has 0 bridgehead atoms. The number of thioether (sulfide) groups is 1. The fourth-order valence-electron chi connectivity index (χ4n) is 4.34. The first-order valence-corrected chi connectivity index (χ1v) is 11.0. The summed E-state index contributed by atoms with van der Waals surface area (Å²) in [6.45, 7) is 0.257. The highest BCUT2D eigenvalue weighted by Crippen LogP contribution is 2.55. The molecular weight excluding hydrogens is 437 g/mol. The third-order valence-corrected chi connectivity index (χ3v) is 7.15. The van der Waals surface area contributed by atoms with Crippen molar-refractivity contribution < 1.29 is 22.8 Å². The zero-order valence-electron chi connectivity index (χ0n) is 16.7. The maximum absolute atomic E-state index is 14.4. The Hall–Kier alpha value is -3.26. The van der Waals surface area contributed by atoms with E-state index >= 15 is 0 Å². The minimum Gasteiger partial charge on any atom is -0.311 e. The molecule has 2 heterocycles. The van der Waals surface area contributed by atoms with Crippen molar-refractivity contribution in [3.05, 3.63) is 101 Å². The summed E-state index contributed by atoms with van der Waals surface area (Å²) in [6.07, 6.45) is 0. The standard InChI is InChI=1S/C24H17F3N2O2S/c25-16-5-3-4-15(12-16)14-28-21-9-8-17(26)13-19(21)24(23(28)31)29(10-11-32-24)22(30)18-6-1-2-7-20(18)27/h1-9,12-13H,10-11,14H2. The number of benzene rings is 3. The first-order valence-electron chi connectivity index (χ1n) is 9.99. The zero-order chi connectivity index (χ0) is 22.5. The number of carbonyl (C=O) groups is 2. The highest BCUT2D eigenvalue weighted by Gasteiger charge is 2.59. The molecule has 3 aromatic carbocycles. The van der Waals surface area contributed by atoms with E-state index in [1.165, 1.54) is 70.1 Å². The van der Waals surface area contributed by atoms with Crippen molar-refractivity contribution in [2.75, 3.05) is 17.2 Å². The molecule has 0 aromatic heterocycles. The predicted octanol–water partition coefficient (Wildman–Crippen LogP) is 4.69. The molecule has 2 aliphatic rings. The number of carbonyl (C=O) groups excluding carboxylic acids is 2. The lowest BCUT2D eigenvalue weighted by Gasteiger charge is -2.33. The number of anilines is 1. The lowest BCUT2D eigenvalue weighted by atomic mass is 10.0. The highest BCUT2D eigenvalue weighted by molar-refractivity contribution is 8.01. The quantitative estimate of drug-likeness (QED) is 0.577. The molecule has 1 saturated heterocycles. The minimum atomic E-state index is -1.51. The van der Waals surface area contributed by atoms with Crippen LogP contribution < -0.4 is 4.90 Å². The second-order valence-electron chi connectivity index (χ2n) is 7.61. The van der Waals surface area contributed by atoms with Gasteiger partial charge in [-0.25, -0.2) is 13.2 Å². The third kappa shape index (κ3) is 3.09. The Balaban J connectivity index is 1.61. The van der Waals surface area contributed by atoms with Gasteiger partial charge in [-0.3, -0.25) is 9.59 Å². The van der Waals surface area contributed by atoms with Crippen molar-refractivity contribution in [1.29, 1.82) is 0 Å². The Kier molecular flexibility index (Phi) is 4.97. The Morgan fingerprint density at radius 1 is 0.969 bits per heavy atom. The van der Waals surface area contributed by atoms with Crippen molar-refractivity contribution in [2.45, 2.75) is 11.4 Å². The molecule has 2 aliphatic heterocycles. The molecule has 32 heavy (non-hydrogen) atoms. The van der Waals surface area contributed by atoms with Gasteiger partial charge >= 0.3 is 0 Å². The molecule has 0 radical (unpaired) electrons. The van der Waals surface area contributed by atoms with E-state index in [9.17, 15) is 22.8 Å². The van der Waals surface area contributed by atoms with Crippen molar-refractivity contribution in [3.8, 4) is 0 Å². The van der Waals surface area contributed by atoms with Crippen LogP contribution >= 0.6 is 11.8 Å². The lowest BCUT2D eigenvalue weighted by Crippen LogP contribution is -2.50. The van der Waals surface area contributed by atoms with Crippen LogP contribution in [0, 0.1) is 17.5 Å². The largest absolute Gasteiger partial charge is 0.311 e. The first kappa shape index (κ1) is 20.6. The van der Waals surface area contributed by atoms with E-state index in [-0.39, 0.29) is 18.7 Å². The van der Waals surface area contributed by atoms with Gasteiger partial charge in [-0.05, 0) is 48.0 Å². The second-order valence-corrected chi connectivity index (χ2v) is 8.90. The smallest absolute Gasteiger partial charge is 0.268 e. The monoisotopic (exact) mass is 454 g/mol. The summed E-state index contributed by atoms with van der Waals surface area (Å²) in [4.78, 5) is 28.4. The molecule has 2 amide bonds. The van der Waals surface area contributed by atoms with Gasteiger partial charge in [0.05, 0.1) is 17.8 Å². The maximum atomic E-state index is 14.4. The number of amides is 2. The maximum Gasteiger partial charge on any atom is 0.268 e. The summed E-state index contributed by atoms with van der Waals surface area (Å²) in [6, 6.07) is 15.4. The van der Waals surface area contributed by atoms with Crippen LogP contribution in [0.25, 0.3) is 0 Å². The van der Waals surface area contributed by atoms with Crippen molar-refractivity contribution >= 4 is 29.3 Å². The normalized spacial score (nSPS) is 19.7. The third-order valence-electron chi connectivity index (χ3n) is 5.73. The summed E-state index contributed by atoms with van der Waals surface area (Å²) in [5.74, 6) is -2.32. The van der Waals surface area contributed by atoms with E-state index in [4.69, 9.17) is 0 Å². The molecule has 0 N–H and O–H groups in total. The number of hydrogen-bond donors (Lipinski definition) is 0. The molecular formula is C24H17F3N2O2S. The van der Waals surface area contributed by atoms with E-state index in [1.807, 2.05) is 0 Å². The van der Waals surface area contributed by atoms with E-state index in [0.717, 1.165) is 0 Å². The van der Waals surface area contributed by atoms with Crippen LogP contribution in [0.2, 0.25) is 0 Å². The second kappa shape index (κ2) is 7.70. The van der Waals surface area contributed by atoms with Crippen LogP contribution in [0.15, 0.2) is 66.7 Å². The van der Waals surface area contributed by atoms with E-state index in [0.29, 0.717) is 22.6 Å². The number of rotatable bonds is 3. The van der Waals surface area contributed by atoms with Crippen LogP contribution in [0.3, 0.4) is 0 Å². The molecule has 1 spiro atoms. The number of hydrogen-bond acceptors (Lipinski definition) is 3. The fraction of sp³-hybridized carbons (Fsp3) is 0.167. The van der Waals surface area contributed by atoms with Crippen molar-refractivity contribution in [2.24, 2.45) is 0 Å². The Morgan fingerprint density at radius 3 is 2.53 bits per heavy atom. The molecule has 162 valence electrons. The van der Waals surface area contributed by atoms with Crippen LogP contribution in [0.1, 0.15) is 21.5 Å². The van der Waals surface area contributed by atoms with Gasteiger partial charge in [-0.1, -0.05) is 24.3 Å². The molecule has 3 aromatic rings. The predicted molar refractivity (Wildman–Crippen MR) is 116 cm³/mol. The van der Waals surface area contributed by atoms with Gasteiger partial charge in [0.15, 0.2) is 4.87 Å². The molecule has 1 fully saturated rings. The average molecular weight is 454 g/mol. The molecule has 8 heteroatoms. The number of halogens is 3. The Bertz CT molecular complexity index is 1250. The van der Waals surface area contributed by atoms with Crippen LogP contribution in [-0.4, -0.2) is 29.0 Å². The summed E-state index contributed by atoms with van der Waals surface area (Å²) < 4.78 is 42.4. The van der Waals surface area contributed by atoms with E-state index in [1.54, 1.807) is 18.2 Å². The summed E-state index contributed by atoms with van der Waals surface area (Å²) in [5.41, 5.74) is 1.19. The van der Waals surface area contributed by atoms with Crippen molar-refractivity contribution in [1.82, 2.24) is 4.90 Å². The van der Waals surface area contributed by atoms with Gasteiger partial charge in [0.25, 0.3) is 11.8 Å². The average Bonchev–Trinajstić information content (AvgIpc) is 3.31. The number of fused-ring (bicyclic) bond motifs is 2. The molecule has 1 atom stereocenters. The Labute approximate surface area is 186 Å². The van der Waals surface area contributed by atoms with E-state index < -0.39 is 34.1 Å². The molecule has 1 unspecified atom stereocenters. The minimum absolute atomic E-state index is 0.0548. The summed E-state index contributed by atoms with van der Waals surface area (Å²) >= 11 is 1.22. The van der Waals surface area contributed by atoms with Crippen LogP contribution in [-0.2, 0) is 16.2 Å². The van der Waals surface area contributed by atoms with Gasteiger partial charge in [0, 0.05) is 17.9 Å². The van der Waals surface area contributed by atoms with E-state index in [2.05, 4.69) is 0 Å². The summed E-state index contributed by atoms with van der Waals surface area (Å²) in [5, 5.41) is 0. The van der Waals surface area contributed by atoms with Gasteiger partial charge < -0.3 is 9.80 Å². The number of nitrogens with zero attached hydrogens (tertiary/aromatic N) is 2. The molecule has 0 saturated carbocycles. The SMILES string of the molecule is O=C(c1ccccc1F)N1CCSC12C(=O)N(Cc1cccc(F)c1)c1ccc(F)cc12. The first-order chi connectivity index (χ1) is 15.4. The van der Waals surface area contributed by atoms with Crippen LogP contribution in [0.5, 0.6) is 0 Å². The topological polar surface area (TPSA) is 40.6 Å². The Morgan fingerprint density at radius 2 is 1.75 bits per heavy atom. The van der Waals surface area contributed by atoms with Gasteiger partial charge in [-0.2, -0.15) is 0 Å². The fourth-order valence-corrected chi connectivity index (χ4v) is 5.79. The summed E-state index contributed by atoms with van der Waals surface area (Å²) in [7, 11) is 0. The van der Waals surface area contributed by atoms with Gasteiger partial charge in [0.2, 0.25) is 0 Å². The van der Waals surface area contributed by atoms with Gasteiger partial charge in [-0.15, -0.1) is 11.8 Å². The molecule has 0 aliphatic carbocycles.